The summed E-state index contributed by atoms with van der Waals surface area (Å²) in [6.07, 6.45) is 9.13. The summed E-state index contributed by atoms with van der Waals surface area (Å²) in [5.74, 6) is 0.866. The second-order valence-electron chi connectivity index (χ2n) is 8.65. The van der Waals surface area contributed by atoms with Gasteiger partial charge in [0.05, 0.1) is 6.61 Å². The molecule has 2 aliphatic heterocycles. The minimum atomic E-state index is 0.257. The van der Waals surface area contributed by atoms with Gasteiger partial charge >= 0.3 is 0 Å². The number of benzene rings is 1. The van der Waals surface area contributed by atoms with Crippen LogP contribution in [0.4, 0.5) is 0 Å². The predicted octanol–water partition coefficient (Wildman–Crippen LogP) is 3.77. The first kappa shape index (κ1) is 20.4. The zero-order valence-corrected chi connectivity index (χ0v) is 17.8. The predicted molar refractivity (Wildman–Crippen MR) is 117 cm³/mol. The van der Waals surface area contributed by atoms with E-state index in [-0.39, 0.29) is 5.91 Å². The molecule has 158 valence electrons. The highest BCUT2D eigenvalue weighted by Gasteiger charge is 2.34. The fourth-order valence-electron chi connectivity index (χ4n) is 5.30. The number of methoxy groups -OCH3 is 1. The molecule has 2 saturated heterocycles. The van der Waals surface area contributed by atoms with E-state index >= 15 is 0 Å². The average molecular weight is 398 g/mol. The van der Waals surface area contributed by atoms with Crippen LogP contribution < -0.4 is 0 Å². The topological polar surface area (TPSA) is 37.7 Å². The zero-order valence-electron chi connectivity index (χ0n) is 17.8. The lowest BCUT2D eigenvalue weighted by atomic mass is 9.83. The highest BCUT2D eigenvalue weighted by Crippen LogP contribution is 2.31. The molecule has 2 aromatic rings. The molecule has 0 bridgehead atoms. The van der Waals surface area contributed by atoms with Crippen molar-refractivity contribution in [3.8, 4) is 0 Å². The lowest BCUT2D eigenvalue weighted by molar-refractivity contribution is -0.133. The second kappa shape index (κ2) is 9.77. The van der Waals surface area contributed by atoms with Gasteiger partial charge in [-0.15, -0.1) is 0 Å². The molecule has 2 atom stereocenters. The molecule has 1 aromatic carbocycles. The molecule has 1 aromatic heterocycles. The number of piperidine rings is 2. The molecule has 1 amide bonds. The van der Waals surface area contributed by atoms with E-state index in [2.05, 4.69) is 50.9 Å². The van der Waals surface area contributed by atoms with Crippen LogP contribution in [-0.2, 0) is 16.1 Å². The van der Waals surface area contributed by atoms with Crippen LogP contribution >= 0.6 is 0 Å². The maximum atomic E-state index is 13.2. The first-order chi connectivity index (χ1) is 14.3. The molecule has 2 fully saturated rings. The van der Waals surface area contributed by atoms with Crippen LogP contribution in [0.3, 0.4) is 0 Å². The molecule has 0 radical (unpaired) electrons. The van der Waals surface area contributed by atoms with E-state index in [1.54, 1.807) is 7.11 Å². The summed E-state index contributed by atoms with van der Waals surface area (Å²) in [6, 6.07) is 11.2. The van der Waals surface area contributed by atoms with Crippen molar-refractivity contribution in [3.63, 3.8) is 0 Å². The van der Waals surface area contributed by atoms with Crippen LogP contribution in [0.2, 0.25) is 0 Å². The molecule has 0 spiro atoms. The number of amides is 1. The smallest absolute Gasteiger partial charge is 0.224 e. The number of rotatable bonds is 8. The van der Waals surface area contributed by atoms with Gasteiger partial charge in [0.25, 0.3) is 0 Å². The second-order valence-corrected chi connectivity index (χ2v) is 8.65. The molecular formula is C24H35N3O2. The number of hydrogen-bond donors (Lipinski definition) is 0. The van der Waals surface area contributed by atoms with E-state index < -0.39 is 0 Å². The number of aryl methyl sites for hydroxylation is 1. The standard InChI is InChI=1S/C24H35N3O2/c1-29-18-17-27(19-21-8-6-14-25-13-5-4-10-23(21)25)24(28)12-16-26-15-11-20-7-2-3-9-22(20)26/h2-3,7,9,11,15,21,23H,4-6,8,10,12-14,16-19H2,1H3. The van der Waals surface area contributed by atoms with E-state index in [9.17, 15) is 4.79 Å². The number of aromatic nitrogens is 1. The van der Waals surface area contributed by atoms with E-state index in [0.29, 0.717) is 31.5 Å². The maximum absolute atomic E-state index is 13.2. The van der Waals surface area contributed by atoms with Gasteiger partial charge in [0.1, 0.15) is 0 Å². The van der Waals surface area contributed by atoms with Crippen LogP contribution in [-0.4, -0.2) is 66.2 Å². The number of hydrogen-bond acceptors (Lipinski definition) is 3. The highest BCUT2D eigenvalue weighted by molar-refractivity contribution is 5.80. The highest BCUT2D eigenvalue weighted by atomic mass is 16.5. The van der Waals surface area contributed by atoms with Gasteiger partial charge in [0.2, 0.25) is 5.91 Å². The first-order valence-electron chi connectivity index (χ1n) is 11.3. The van der Waals surface area contributed by atoms with Crippen molar-refractivity contribution in [2.75, 3.05) is 39.9 Å². The van der Waals surface area contributed by atoms with Crippen LogP contribution in [0.5, 0.6) is 0 Å². The molecular weight excluding hydrogens is 362 g/mol. The quantitative estimate of drug-likeness (QED) is 0.680. The van der Waals surface area contributed by atoms with E-state index in [4.69, 9.17) is 4.74 Å². The molecule has 5 heteroatoms. The lowest BCUT2D eigenvalue weighted by Crippen LogP contribution is -2.52. The Morgan fingerprint density at radius 1 is 1.14 bits per heavy atom. The maximum Gasteiger partial charge on any atom is 0.224 e. The third kappa shape index (κ3) is 4.84. The Kier molecular flexibility index (Phi) is 6.88. The number of para-hydroxylation sites is 1. The van der Waals surface area contributed by atoms with E-state index in [0.717, 1.165) is 13.1 Å². The van der Waals surface area contributed by atoms with Crippen LogP contribution in [0.25, 0.3) is 10.9 Å². The largest absolute Gasteiger partial charge is 0.383 e. The summed E-state index contributed by atoms with van der Waals surface area (Å²) in [6.45, 7) is 5.41. The van der Waals surface area contributed by atoms with Crippen LogP contribution in [0.15, 0.2) is 36.5 Å². The first-order valence-corrected chi connectivity index (χ1v) is 11.3. The average Bonchev–Trinajstić information content (AvgIpc) is 3.18. The molecule has 2 unspecified atom stereocenters. The van der Waals surface area contributed by atoms with Crippen molar-refractivity contribution < 1.29 is 9.53 Å². The molecule has 2 aliphatic rings. The number of nitrogens with zero attached hydrogens (tertiary/aromatic N) is 3. The molecule has 4 rings (SSSR count). The van der Waals surface area contributed by atoms with Crippen molar-refractivity contribution >= 4 is 16.8 Å². The summed E-state index contributed by atoms with van der Waals surface area (Å²) in [5.41, 5.74) is 1.20. The summed E-state index contributed by atoms with van der Waals surface area (Å²) in [5, 5.41) is 1.23. The molecule has 5 nitrogen and oxygen atoms in total. The Morgan fingerprint density at radius 2 is 2.00 bits per heavy atom. The summed E-state index contributed by atoms with van der Waals surface area (Å²) >= 11 is 0. The number of carbonyl (C=O) groups is 1. The number of carbonyl (C=O) groups excluding carboxylic acids is 1. The van der Waals surface area contributed by atoms with Crippen molar-refractivity contribution in [1.82, 2.24) is 14.4 Å². The SMILES string of the molecule is COCCN(CC1CCCN2CCCCC12)C(=O)CCn1ccc2ccccc21. The van der Waals surface area contributed by atoms with Gasteiger partial charge in [0.15, 0.2) is 0 Å². The van der Waals surface area contributed by atoms with Crippen molar-refractivity contribution in [1.29, 1.82) is 0 Å². The summed E-state index contributed by atoms with van der Waals surface area (Å²) < 4.78 is 7.52. The van der Waals surface area contributed by atoms with Gasteiger partial charge in [-0.1, -0.05) is 24.6 Å². The van der Waals surface area contributed by atoms with Crippen LogP contribution in [0.1, 0.15) is 38.5 Å². The van der Waals surface area contributed by atoms with Gasteiger partial charge in [-0.3, -0.25) is 4.79 Å². The molecule has 0 N–H and O–H groups in total. The van der Waals surface area contributed by atoms with Crippen molar-refractivity contribution in [3.05, 3.63) is 36.5 Å². The Morgan fingerprint density at radius 3 is 2.90 bits per heavy atom. The zero-order chi connectivity index (χ0) is 20.1. The third-order valence-electron chi connectivity index (χ3n) is 6.85. The third-order valence-corrected chi connectivity index (χ3v) is 6.85. The Bertz CT molecular complexity index is 800. The fraction of sp³-hybridized carbons (Fsp3) is 0.625. The number of ether oxygens (including phenoxy) is 1. The Balaban J connectivity index is 1.39. The fourth-order valence-corrected chi connectivity index (χ4v) is 5.30. The minimum absolute atomic E-state index is 0.257. The van der Waals surface area contributed by atoms with Crippen molar-refractivity contribution in [2.45, 2.75) is 51.1 Å². The minimum Gasteiger partial charge on any atom is -0.383 e. The van der Waals surface area contributed by atoms with E-state index in [1.165, 1.54) is 56.1 Å². The molecule has 3 heterocycles. The Hall–Kier alpha value is -1.85. The molecule has 0 aliphatic carbocycles. The van der Waals surface area contributed by atoms with Gasteiger partial charge < -0.3 is 19.1 Å². The monoisotopic (exact) mass is 397 g/mol. The molecule has 29 heavy (non-hydrogen) atoms. The summed E-state index contributed by atoms with van der Waals surface area (Å²) in [4.78, 5) is 17.9. The Labute approximate surface area is 174 Å². The lowest BCUT2D eigenvalue weighted by Gasteiger charge is -2.45. The molecule has 0 saturated carbocycles. The van der Waals surface area contributed by atoms with E-state index in [1.807, 2.05) is 0 Å². The summed E-state index contributed by atoms with van der Waals surface area (Å²) in [7, 11) is 1.72. The van der Waals surface area contributed by atoms with Crippen LogP contribution in [0, 0.1) is 5.92 Å². The van der Waals surface area contributed by atoms with Gasteiger partial charge in [-0.2, -0.15) is 0 Å². The van der Waals surface area contributed by atoms with Gasteiger partial charge in [0, 0.05) is 50.9 Å². The van der Waals surface area contributed by atoms with Gasteiger partial charge in [-0.25, -0.2) is 0 Å². The van der Waals surface area contributed by atoms with Gasteiger partial charge in [-0.05, 0) is 62.2 Å². The normalized spacial score (nSPS) is 22.5. The number of fused-ring (bicyclic) bond motifs is 2. The van der Waals surface area contributed by atoms with Crippen molar-refractivity contribution in [2.24, 2.45) is 5.92 Å².